The van der Waals surface area contributed by atoms with Gasteiger partial charge in [0.25, 0.3) is 0 Å². The van der Waals surface area contributed by atoms with Gasteiger partial charge < -0.3 is 4.74 Å². The van der Waals surface area contributed by atoms with Crippen LogP contribution in [0.4, 0.5) is 0 Å². The second kappa shape index (κ2) is 6.21. The third-order valence-corrected chi connectivity index (χ3v) is 2.73. The first kappa shape index (κ1) is 12.6. The van der Waals surface area contributed by atoms with Gasteiger partial charge in [-0.25, -0.2) is 4.98 Å². The smallest absolute Gasteiger partial charge is 0.231 e. The van der Waals surface area contributed by atoms with E-state index in [1.807, 2.05) is 12.1 Å². The Morgan fingerprint density at radius 1 is 1.39 bits per heavy atom. The third-order valence-electron chi connectivity index (χ3n) is 2.42. The Labute approximate surface area is 110 Å². The summed E-state index contributed by atoms with van der Waals surface area (Å²) in [5.74, 6) is 0.657. The second-order valence-corrected chi connectivity index (χ2v) is 4.15. The zero-order valence-electron chi connectivity index (χ0n) is 9.75. The molecule has 0 spiro atoms. The average Bonchev–Trinajstić information content (AvgIpc) is 2.90. The highest BCUT2D eigenvalue weighted by molar-refractivity contribution is 6.32. The van der Waals surface area contributed by atoms with Gasteiger partial charge in [0.05, 0.1) is 11.6 Å². The molecule has 0 amide bonds. The molecule has 2 rings (SSSR count). The topological polar surface area (TPSA) is 44.1 Å². The van der Waals surface area contributed by atoms with E-state index in [0.717, 1.165) is 0 Å². The maximum absolute atomic E-state index is 11.6. The van der Waals surface area contributed by atoms with Crippen LogP contribution in [0.15, 0.2) is 43.0 Å². The van der Waals surface area contributed by atoms with E-state index in [2.05, 4.69) is 4.98 Å². The van der Waals surface area contributed by atoms with Crippen LogP contribution in [0.25, 0.3) is 0 Å². The third kappa shape index (κ3) is 3.34. The Balaban J connectivity index is 1.74. The highest BCUT2D eigenvalue weighted by Crippen LogP contribution is 2.23. The fraction of sp³-hybridized carbons (Fsp3) is 0.231. The largest absolute Gasteiger partial charge is 0.492 e. The maximum Gasteiger partial charge on any atom is 0.231 e. The van der Waals surface area contributed by atoms with Crippen molar-refractivity contribution in [2.24, 2.45) is 0 Å². The van der Waals surface area contributed by atoms with Crippen molar-refractivity contribution in [3.05, 3.63) is 48.0 Å². The van der Waals surface area contributed by atoms with Crippen molar-refractivity contribution in [3.63, 3.8) is 0 Å². The molecule has 0 saturated heterocycles. The van der Waals surface area contributed by atoms with Crippen LogP contribution in [0.1, 0.15) is 17.6 Å². The number of halogens is 1. The fourth-order valence-corrected chi connectivity index (χ4v) is 1.69. The highest BCUT2D eigenvalue weighted by Gasteiger charge is 2.04. The summed E-state index contributed by atoms with van der Waals surface area (Å²) in [6.45, 7) is 0.462. The molecule has 0 aliphatic rings. The molecule has 0 saturated carbocycles. The van der Waals surface area contributed by atoms with Crippen molar-refractivity contribution in [1.29, 1.82) is 0 Å². The van der Waals surface area contributed by atoms with Crippen molar-refractivity contribution in [2.45, 2.75) is 12.8 Å². The summed E-state index contributed by atoms with van der Waals surface area (Å²) in [5, 5.41) is 0.582. The van der Waals surface area contributed by atoms with Gasteiger partial charge in [-0.2, -0.15) is 0 Å². The van der Waals surface area contributed by atoms with Gasteiger partial charge in [-0.3, -0.25) is 9.36 Å². The van der Waals surface area contributed by atoms with Crippen molar-refractivity contribution in [1.82, 2.24) is 9.55 Å². The molecule has 1 aromatic heterocycles. The maximum atomic E-state index is 11.6. The van der Waals surface area contributed by atoms with E-state index in [0.29, 0.717) is 30.2 Å². The summed E-state index contributed by atoms with van der Waals surface area (Å²) in [6.07, 6.45) is 5.77. The number of benzene rings is 1. The summed E-state index contributed by atoms with van der Waals surface area (Å²) >= 11 is 5.94. The van der Waals surface area contributed by atoms with Crippen molar-refractivity contribution in [3.8, 4) is 5.75 Å². The molecule has 5 heteroatoms. The number of aromatic nitrogens is 2. The second-order valence-electron chi connectivity index (χ2n) is 3.75. The first-order chi connectivity index (χ1) is 8.77. The molecule has 0 fully saturated rings. The summed E-state index contributed by atoms with van der Waals surface area (Å²) in [4.78, 5) is 15.4. The lowest BCUT2D eigenvalue weighted by Gasteiger charge is -2.07. The van der Waals surface area contributed by atoms with Gasteiger partial charge in [-0.05, 0) is 18.6 Å². The van der Waals surface area contributed by atoms with Crippen molar-refractivity contribution in [2.75, 3.05) is 6.61 Å². The zero-order valence-corrected chi connectivity index (χ0v) is 10.5. The lowest BCUT2D eigenvalue weighted by Crippen LogP contribution is -2.10. The van der Waals surface area contributed by atoms with Gasteiger partial charge in [0.15, 0.2) is 0 Å². The Hall–Kier alpha value is -1.81. The number of nitrogens with zero attached hydrogens (tertiary/aromatic N) is 2. The van der Waals surface area contributed by atoms with Gasteiger partial charge in [-0.1, -0.05) is 23.7 Å². The summed E-state index contributed by atoms with van der Waals surface area (Å²) in [6, 6.07) is 7.28. The van der Waals surface area contributed by atoms with Crippen LogP contribution in [-0.2, 0) is 0 Å². The molecule has 2 aromatic rings. The SMILES string of the molecule is O=C(CCCOc1ccccc1Cl)n1ccnc1. The number of para-hydroxylation sites is 1. The molecule has 0 aliphatic carbocycles. The minimum atomic E-state index is 0.00950. The summed E-state index contributed by atoms with van der Waals surface area (Å²) < 4.78 is 6.96. The fourth-order valence-electron chi connectivity index (χ4n) is 1.50. The summed E-state index contributed by atoms with van der Waals surface area (Å²) in [5.41, 5.74) is 0. The number of imidazole rings is 1. The van der Waals surface area contributed by atoms with E-state index in [1.165, 1.54) is 10.9 Å². The highest BCUT2D eigenvalue weighted by atomic mass is 35.5. The quantitative estimate of drug-likeness (QED) is 0.780. The number of carbonyl (C=O) groups excluding carboxylic acids is 1. The van der Waals surface area contributed by atoms with Crippen molar-refractivity contribution >= 4 is 17.5 Å². The molecule has 4 nitrogen and oxygen atoms in total. The molecule has 18 heavy (non-hydrogen) atoms. The van der Waals surface area contributed by atoms with E-state index in [9.17, 15) is 4.79 Å². The Kier molecular flexibility index (Phi) is 4.36. The van der Waals surface area contributed by atoms with Crippen LogP contribution < -0.4 is 4.74 Å². The van der Waals surface area contributed by atoms with E-state index in [1.54, 1.807) is 24.5 Å². The monoisotopic (exact) mass is 264 g/mol. The molecule has 0 atom stereocenters. The molecule has 1 aromatic carbocycles. The zero-order chi connectivity index (χ0) is 12.8. The van der Waals surface area contributed by atoms with Crippen LogP contribution in [0, 0.1) is 0 Å². The Morgan fingerprint density at radius 3 is 2.94 bits per heavy atom. The first-order valence-electron chi connectivity index (χ1n) is 5.66. The first-order valence-corrected chi connectivity index (χ1v) is 6.03. The number of hydrogen-bond donors (Lipinski definition) is 0. The standard InChI is InChI=1S/C13H13ClN2O2/c14-11-4-1-2-5-12(11)18-9-3-6-13(17)16-8-7-15-10-16/h1-2,4-5,7-8,10H,3,6,9H2. The molecular formula is C13H13ClN2O2. The van der Waals surface area contributed by atoms with Gasteiger partial charge in [0.2, 0.25) is 5.91 Å². The van der Waals surface area contributed by atoms with E-state index in [4.69, 9.17) is 16.3 Å². The number of rotatable bonds is 5. The predicted molar refractivity (Wildman–Crippen MR) is 69.0 cm³/mol. The van der Waals surface area contributed by atoms with E-state index >= 15 is 0 Å². The number of carbonyl (C=O) groups is 1. The van der Waals surface area contributed by atoms with Crippen molar-refractivity contribution < 1.29 is 9.53 Å². The molecule has 0 unspecified atom stereocenters. The van der Waals surface area contributed by atoms with E-state index < -0.39 is 0 Å². The minimum absolute atomic E-state index is 0.00950. The van der Waals surface area contributed by atoms with Crippen LogP contribution in [0.3, 0.4) is 0 Å². The summed E-state index contributed by atoms with van der Waals surface area (Å²) in [7, 11) is 0. The van der Waals surface area contributed by atoms with Crippen LogP contribution >= 0.6 is 11.6 Å². The molecular weight excluding hydrogens is 252 g/mol. The van der Waals surface area contributed by atoms with Gasteiger partial charge in [0, 0.05) is 18.8 Å². The molecule has 0 aliphatic heterocycles. The van der Waals surface area contributed by atoms with Crippen LogP contribution in [0.5, 0.6) is 5.75 Å². The lowest BCUT2D eigenvalue weighted by atomic mass is 10.3. The lowest BCUT2D eigenvalue weighted by molar-refractivity contribution is 0.0893. The molecule has 94 valence electrons. The Morgan fingerprint density at radius 2 is 2.22 bits per heavy atom. The average molecular weight is 265 g/mol. The molecule has 1 heterocycles. The minimum Gasteiger partial charge on any atom is -0.492 e. The molecule has 0 N–H and O–H groups in total. The predicted octanol–water partition coefficient (Wildman–Crippen LogP) is 3.04. The van der Waals surface area contributed by atoms with Gasteiger partial charge in [0.1, 0.15) is 12.1 Å². The number of hydrogen-bond acceptors (Lipinski definition) is 3. The van der Waals surface area contributed by atoms with Gasteiger partial charge >= 0.3 is 0 Å². The number of ether oxygens (including phenoxy) is 1. The van der Waals surface area contributed by atoms with Crippen LogP contribution in [0.2, 0.25) is 5.02 Å². The Bertz CT molecular complexity index is 511. The molecule has 0 radical (unpaired) electrons. The van der Waals surface area contributed by atoms with E-state index in [-0.39, 0.29) is 5.91 Å². The normalized spacial score (nSPS) is 10.3. The van der Waals surface area contributed by atoms with Crippen LogP contribution in [-0.4, -0.2) is 22.1 Å². The molecule has 0 bridgehead atoms. The van der Waals surface area contributed by atoms with Gasteiger partial charge in [-0.15, -0.1) is 0 Å².